The molecule has 0 bridgehead atoms. The number of esters is 1. The highest BCUT2D eigenvalue weighted by Crippen LogP contribution is 2.16. The van der Waals surface area contributed by atoms with Crippen LogP contribution in [0.4, 0.5) is 0 Å². The van der Waals surface area contributed by atoms with Gasteiger partial charge in [-0.25, -0.2) is 0 Å². The maximum Gasteiger partial charge on any atom is 0.305 e. The van der Waals surface area contributed by atoms with Crippen molar-refractivity contribution in [3.05, 3.63) is 0 Å². The minimum Gasteiger partial charge on any atom is -0.469 e. The van der Waals surface area contributed by atoms with E-state index in [2.05, 4.69) is 9.64 Å². The number of likely N-dealkylation sites (tertiary alicyclic amines) is 1. The molecule has 1 N–H and O–H groups in total. The molecular formula is C10H19NO3. The van der Waals surface area contributed by atoms with Crippen LogP contribution in [-0.2, 0) is 9.53 Å². The molecule has 1 saturated heterocycles. The second-order valence-electron chi connectivity index (χ2n) is 3.69. The van der Waals surface area contributed by atoms with Crippen molar-refractivity contribution in [1.82, 2.24) is 4.90 Å². The fourth-order valence-corrected chi connectivity index (χ4v) is 1.92. The average molecular weight is 201 g/mol. The van der Waals surface area contributed by atoms with E-state index in [1.165, 1.54) is 7.11 Å². The molecular weight excluding hydrogens is 182 g/mol. The van der Waals surface area contributed by atoms with E-state index in [4.69, 9.17) is 5.11 Å². The van der Waals surface area contributed by atoms with Gasteiger partial charge in [0.05, 0.1) is 13.7 Å². The van der Waals surface area contributed by atoms with Crippen LogP contribution in [0.5, 0.6) is 0 Å². The summed E-state index contributed by atoms with van der Waals surface area (Å²) in [5.41, 5.74) is 0. The van der Waals surface area contributed by atoms with Crippen LogP contribution < -0.4 is 0 Å². The summed E-state index contributed by atoms with van der Waals surface area (Å²) >= 11 is 0. The van der Waals surface area contributed by atoms with E-state index in [1.807, 2.05) is 0 Å². The Bertz CT molecular complexity index is 184. The zero-order valence-electron chi connectivity index (χ0n) is 8.74. The normalized spacial score (nSPS) is 22.6. The van der Waals surface area contributed by atoms with Gasteiger partial charge in [0.2, 0.25) is 0 Å². The Balaban J connectivity index is 2.14. The van der Waals surface area contributed by atoms with Crippen molar-refractivity contribution in [2.24, 2.45) is 0 Å². The van der Waals surface area contributed by atoms with Crippen molar-refractivity contribution in [2.45, 2.75) is 31.7 Å². The van der Waals surface area contributed by atoms with Gasteiger partial charge in [0, 0.05) is 12.5 Å². The molecule has 82 valence electrons. The number of carbonyl (C=O) groups excluding carboxylic acids is 1. The summed E-state index contributed by atoms with van der Waals surface area (Å²) in [5, 5.41) is 9.06. The Morgan fingerprint density at radius 2 is 2.43 bits per heavy atom. The Morgan fingerprint density at radius 1 is 1.64 bits per heavy atom. The van der Waals surface area contributed by atoms with Crippen LogP contribution in [0, 0.1) is 0 Å². The standard InChI is InChI=1S/C10H19NO3/c1-14-10(13)5-3-7-11-6-2-4-9(11)8-12/h9,12H,2-8H2,1H3. The van der Waals surface area contributed by atoms with Crippen LogP contribution >= 0.6 is 0 Å². The second-order valence-corrected chi connectivity index (χ2v) is 3.69. The van der Waals surface area contributed by atoms with Crippen LogP contribution in [0.3, 0.4) is 0 Å². The van der Waals surface area contributed by atoms with Crippen molar-refractivity contribution in [3.8, 4) is 0 Å². The third-order valence-corrected chi connectivity index (χ3v) is 2.76. The fraction of sp³-hybridized carbons (Fsp3) is 0.900. The molecule has 0 aromatic rings. The maximum atomic E-state index is 10.8. The van der Waals surface area contributed by atoms with Crippen LogP contribution in [0.1, 0.15) is 25.7 Å². The molecule has 1 aliphatic rings. The fourth-order valence-electron chi connectivity index (χ4n) is 1.92. The lowest BCUT2D eigenvalue weighted by atomic mass is 10.2. The van der Waals surface area contributed by atoms with Gasteiger partial charge in [0.15, 0.2) is 0 Å². The Morgan fingerprint density at radius 3 is 3.07 bits per heavy atom. The average Bonchev–Trinajstić information content (AvgIpc) is 2.65. The zero-order chi connectivity index (χ0) is 10.4. The number of ether oxygens (including phenoxy) is 1. The Kier molecular flexibility index (Phi) is 4.90. The minimum absolute atomic E-state index is 0.148. The molecule has 1 rings (SSSR count). The zero-order valence-corrected chi connectivity index (χ0v) is 8.74. The van der Waals surface area contributed by atoms with Crippen LogP contribution in [-0.4, -0.2) is 48.8 Å². The van der Waals surface area contributed by atoms with E-state index in [-0.39, 0.29) is 12.6 Å². The summed E-state index contributed by atoms with van der Waals surface area (Å²) in [7, 11) is 1.41. The molecule has 1 unspecified atom stereocenters. The molecule has 0 radical (unpaired) electrons. The van der Waals surface area contributed by atoms with E-state index in [1.54, 1.807) is 0 Å². The van der Waals surface area contributed by atoms with E-state index in [0.29, 0.717) is 12.5 Å². The van der Waals surface area contributed by atoms with Gasteiger partial charge in [0.1, 0.15) is 0 Å². The highest BCUT2D eigenvalue weighted by atomic mass is 16.5. The second kappa shape index (κ2) is 5.98. The predicted molar refractivity (Wildman–Crippen MR) is 52.9 cm³/mol. The molecule has 1 atom stereocenters. The van der Waals surface area contributed by atoms with Crippen LogP contribution in [0.15, 0.2) is 0 Å². The van der Waals surface area contributed by atoms with Gasteiger partial charge in [-0.3, -0.25) is 9.69 Å². The molecule has 0 aliphatic carbocycles. The number of hydrogen-bond donors (Lipinski definition) is 1. The van der Waals surface area contributed by atoms with Gasteiger partial charge in [-0.05, 0) is 32.4 Å². The van der Waals surface area contributed by atoms with Gasteiger partial charge in [-0.15, -0.1) is 0 Å². The summed E-state index contributed by atoms with van der Waals surface area (Å²) in [5.74, 6) is -0.148. The van der Waals surface area contributed by atoms with Gasteiger partial charge >= 0.3 is 5.97 Å². The molecule has 0 aromatic carbocycles. The summed E-state index contributed by atoms with van der Waals surface area (Å²) in [6.07, 6.45) is 3.53. The van der Waals surface area contributed by atoms with Crippen molar-refractivity contribution in [2.75, 3.05) is 26.8 Å². The molecule has 14 heavy (non-hydrogen) atoms. The quantitative estimate of drug-likeness (QED) is 0.654. The van der Waals surface area contributed by atoms with E-state index >= 15 is 0 Å². The molecule has 1 heterocycles. The van der Waals surface area contributed by atoms with Crippen LogP contribution in [0.25, 0.3) is 0 Å². The molecule has 4 nitrogen and oxygen atoms in total. The lowest BCUT2D eigenvalue weighted by Crippen LogP contribution is -2.33. The Labute approximate surface area is 84.8 Å². The molecule has 0 spiro atoms. The highest BCUT2D eigenvalue weighted by Gasteiger charge is 2.22. The number of aliphatic hydroxyl groups is 1. The molecule has 0 saturated carbocycles. The van der Waals surface area contributed by atoms with Crippen molar-refractivity contribution in [1.29, 1.82) is 0 Å². The summed E-state index contributed by atoms with van der Waals surface area (Å²) in [4.78, 5) is 13.1. The van der Waals surface area contributed by atoms with Crippen LogP contribution in [0.2, 0.25) is 0 Å². The molecule has 1 aliphatic heterocycles. The topological polar surface area (TPSA) is 49.8 Å². The first-order valence-electron chi connectivity index (χ1n) is 5.19. The van der Waals surface area contributed by atoms with Gasteiger partial charge in [0.25, 0.3) is 0 Å². The van der Waals surface area contributed by atoms with Crippen molar-refractivity contribution >= 4 is 5.97 Å². The molecule has 4 heteroatoms. The van der Waals surface area contributed by atoms with E-state index < -0.39 is 0 Å². The van der Waals surface area contributed by atoms with E-state index in [0.717, 1.165) is 32.4 Å². The molecule has 1 fully saturated rings. The molecule has 0 aromatic heterocycles. The van der Waals surface area contributed by atoms with Gasteiger partial charge in [-0.1, -0.05) is 0 Å². The first kappa shape index (κ1) is 11.5. The largest absolute Gasteiger partial charge is 0.469 e. The monoisotopic (exact) mass is 201 g/mol. The van der Waals surface area contributed by atoms with Crippen molar-refractivity contribution < 1.29 is 14.6 Å². The number of carbonyl (C=O) groups is 1. The molecule has 0 amide bonds. The number of rotatable bonds is 5. The Hall–Kier alpha value is -0.610. The summed E-state index contributed by atoms with van der Waals surface area (Å²) in [6, 6.07) is 0.313. The summed E-state index contributed by atoms with van der Waals surface area (Å²) < 4.78 is 4.56. The van der Waals surface area contributed by atoms with Crippen molar-refractivity contribution in [3.63, 3.8) is 0 Å². The summed E-state index contributed by atoms with van der Waals surface area (Å²) in [6.45, 7) is 2.17. The maximum absolute atomic E-state index is 10.8. The number of aliphatic hydroxyl groups excluding tert-OH is 1. The number of methoxy groups -OCH3 is 1. The third-order valence-electron chi connectivity index (χ3n) is 2.76. The smallest absolute Gasteiger partial charge is 0.305 e. The number of hydrogen-bond acceptors (Lipinski definition) is 4. The van der Waals surface area contributed by atoms with Gasteiger partial charge in [-0.2, -0.15) is 0 Å². The SMILES string of the molecule is COC(=O)CCCN1CCCC1CO. The first-order valence-corrected chi connectivity index (χ1v) is 5.19. The first-order chi connectivity index (χ1) is 6.77. The third kappa shape index (κ3) is 3.27. The lowest BCUT2D eigenvalue weighted by molar-refractivity contribution is -0.140. The highest BCUT2D eigenvalue weighted by molar-refractivity contribution is 5.69. The number of nitrogens with zero attached hydrogens (tertiary/aromatic N) is 1. The predicted octanol–water partition coefficient (Wildman–Crippen LogP) is 0.396. The van der Waals surface area contributed by atoms with Gasteiger partial charge < -0.3 is 9.84 Å². The minimum atomic E-state index is -0.148. The lowest BCUT2D eigenvalue weighted by Gasteiger charge is -2.21. The van der Waals surface area contributed by atoms with E-state index in [9.17, 15) is 4.79 Å².